The van der Waals surface area contributed by atoms with Crippen molar-refractivity contribution in [2.24, 2.45) is 0 Å². The minimum Gasteiger partial charge on any atom is -0.492 e. The van der Waals surface area contributed by atoms with Crippen LogP contribution in [0.2, 0.25) is 0 Å². The molecule has 0 fully saturated rings. The summed E-state index contributed by atoms with van der Waals surface area (Å²) in [6.45, 7) is 12.2. The average molecular weight is 379 g/mol. The number of hydrogen-bond donors (Lipinski definition) is 0. The van der Waals surface area contributed by atoms with Crippen LogP contribution in [0.25, 0.3) is 0 Å². The minimum absolute atomic E-state index is 0.175. The highest BCUT2D eigenvalue weighted by molar-refractivity contribution is 5.90. The molecule has 2 aromatic carbocycles. The van der Waals surface area contributed by atoms with Gasteiger partial charge in [-0.15, -0.1) is 0 Å². The number of fused-ring (bicyclic) bond motifs is 2. The summed E-state index contributed by atoms with van der Waals surface area (Å²) in [6.07, 6.45) is 2.41. The van der Waals surface area contributed by atoms with Crippen molar-refractivity contribution in [2.45, 2.75) is 63.7 Å². The van der Waals surface area contributed by atoms with Crippen LogP contribution in [0.15, 0.2) is 36.4 Å². The molecule has 0 amide bonds. The Balaban J connectivity index is 1.81. The zero-order chi connectivity index (χ0) is 20.3. The quantitative estimate of drug-likeness (QED) is 0.646. The third-order valence-electron chi connectivity index (χ3n) is 7.00. The second-order valence-corrected chi connectivity index (χ2v) is 9.85. The highest BCUT2D eigenvalue weighted by Gasteiger charge is 2.42. The van der Waals surface area contributed by atoms with E-state index in [0.29, 0.717) is 12.2 Å². The highest BCUT2D eigenvalue weighted by Crippen LogP contribution is 2.49. The Bertz CT molecular complexity index is 954. The van der Waals surface area contributed by atoms with Crippen LogP contribution in [0.3, 0.4) is 0 Å². The van der Waals surface area contributed by atoms with Crippen molar-refractivity contribution in [3.63, 3.8) is 0 Å². The van der Waals surface area contributed by atoms with Gasteiger partial charge in [0.1, 0.15) is 12.4 Å². The van der Waals surface area contributed by atoms with Crippen LogP contribution in [0.4, 0.5) is 0 Å². The van der Waals surface area contributed by atoms with Crippen LogP contribution >= 0.6 is 0 Å². The number of ether oxygens (including phenoxy) is 2. The molecule has 4 rings (SSSR count). The van der Waals surface area contributed by atoms with Gasteiger partial charge in [0.2, 0.25) is 0 Å². The molecule has 0 saturated heterocycles. The Morgan fingerprint density at radius 1 is 0.893 bits per heavy atom. The van der Waals surface area contributed by atoms with Crippen LogP contribution in [0, 0.1) is 0 Å². The summed E-state index contributed by atoms with van der Waals surface area (Å²) in [6, 6.07) is 12.7. The van der Waals surface area contributed by atoms with Crippen molar-refractivity contribution in [3.05, 3.63) is 64.2 Å². The Morgan fingerprint density at radius 2 is 1.54 bits per heavy atom. The molecule has 1 aliphatic heterocycles. The van der Waals surface area contributed by atoms with E-state index in [9.17, 15) is 4.79 Å². The van der Waals surface area contributed by atoms with Crippen LogP contribution < -0.4 is 4.74 Å². The first-order valence-corrected chi connectivity index (χ1v) is 10.1. The maximum Gasteiger partial charge on any atom is 0.337 e. The first-order valence-electron chi connectivity index (χ1n) is 10.1. The lowest BCUT2D eigenvalue weighted by atomic mass is 9.62. The van der Waals surface area contributed by atoms with Gasteiger partial charge in [-0.05, 0) is 59.4 Å². The first-order chi connectivity index (χ1) is 13.1. The van der Waals surface area contributed by atoms with E-state index in [2.05, 4.69) is 52.8 Å². The monoisotopic (exact) mass is 378 g/mol. The van der Waals surface area contributed by atoms with Crippen LogP contribution in [0.1, 0.15) is 80.1 Å². The lowest BCUT2D eigenvalue weighted by Gasteiger charge is -2.42. The van der Waals surface area contributed by atoms with Gasteiger partial charge in [0.15, 0.2) is 0 Å². The average Bonchev–Trinajstić information content (AvgIpc) is 3.02. The molecule has 1 atom stereocenters. The molecule has 0 N–H and O–H groups in total. The van der Waals surface area contributed by atoms with E-state index in [-0.39, 0.29) is 22.2 Å². The normalized spacial score (nSPS) is 24.1. The number of rotatable bonds is 2. The van der Waals surface area contributed by atoms with E-state index in [0.717, 1.165) is 11.3 Å². The van der Waals surface area contributed by atoms with E-state index >= 15 is 0 Å². The number of methoxy groups -OCH3 is 1. The van der Waals surface area contributed by atoms with Gasteiger partial charge in [0.25, 0.3) is 0 Å². The molecule has 1 unspecified atom stereocenters. The molecule has 0 bridgehead atoms. The lowest BCUT2D eigenvalue weighted by Crippen LogP contribution is -2.35. The molecule has 2 aromatic rings. The molecule has 148 valence electrons. The fourth-order valence-electron chi connectivity index (χ4n) is 4.81. The van der Waals surface area contributed by atoms with E-state index < -0.39 is 0 Å². The fraction of sp³-hybridized carbons (Fsp3) is 0.480. The van der Waals surface area contributed by atoms with Gasteiger partial charge in [-0.3, -0.25) is 0 Å². The number of esters is 1. The second-order valence-electron chi connectivity index (χ2n) is 9.85. The van der Waals surface area contributed by atoms with E-state index in [4.69, 9.17) is 9.47 Å². The molecule has 1 heterocycles. The number of hydrogen-bond acceptors (Lipinski definition) is 3. The van der Waals surface area contributed by atoms with E-state index in [1.807, 2.05) is 12.1 Å². The summed E-state index contributed by atoms with van der Waals surface area (Å²) in [5, 5.41) is 0. The minimum atomic E-state index is -0.335. The second kappa shape index (κ2) is 6.10. The number of benzene rings is 2. The van der Waals surface area contributed by atoms with Gasteiger partial charge in [-0.2, -0.15) is 0 Å². The van der Waals surface area contributed by atoms with Crippen LogP contribution in [0.5, 0.6) is 5.75 Å². The molecule has 0 spiro atoms. The highest BCUT2D eigenvalue weighted by atomic mass is 16.5. The van der Waals surface area contributed by atoms with E-state index in [1.165, 1.54) is 36.6 Å². The first kappa shape index (κ1) is 19.0. The zero-order valence-corrected chi connectivity index (χ0v) is 17.8. The third-order valence-corrected chi connectivity index (χ3v) is 7.00. The molecule has 3 nitrogen and oxygen atoms in total. The molecule has 1 aliphatic carbocycles. The van der Waals surface area contributed by atoms with Gasteiger partial charge in [0, 0.05) is 5.56 Å². The molecule has 28 heavy (non-hydrogen) atoms. The summed E-state index contributed by atoms with van der Waals surface area (Å²) in [7, 11) is 1.40. The summed E-state index contributed by atoms with van der Waals surface area (Å²) in [5.41, 5.74) is 6.03. The SMILES string of the molecule is COC(=O)c1ccc2c(c1)OCC2(C)c1ccc2c(c1)C(C)(C)CCC2(C)C. The van der Waals surface area contributed by atoms with Crippen molar-refractivity contribution in [2.75, 3.05) is 13.7 Å². The maximum atomic E-state index is 11.9. The van der Waals surface area contributed by atoms with Gasteiger partial charge >= 0.3 is 5.97 Å². The van der Waals surface area contributed by atoms with Crippen molar-refractivity contribution in [1.82, 2.24) is 0 Å². The fourth-order valence-corrected chi connectivity index (χ4v) is 4.81. The van der Waals surface area contributed by atoms with Crippen LogP contribution in [-0.4, -0.2) is 19.7 Å². The molecule has 0 radical (unpaired) electrons. The molecular formula is C25H30O3. The largest absolute Gasteiger partial charge is 0.492 e. The van der Waals surface area contributed by atoms with Crippen molar-refractivity contribution >= 4 is 5.97 Å². The molecule has 2 aliphatic rings. The summed E-state index contributed by atoms with van der Waals surface area (Å²) >= 11 is 0. The molecular weight excluding hydrogens is 348 g/mol. The van der Waals surface area contributed by atoms with Gasteiger partial charge in [-0.25, -0.2) is 4.79 Å². The van der Waals surface area contributed by atoms with Gasteiger partial charge < -0.3 is 9.47 Å². The number of carbonyl (C=O) groups excluding carboxylic acids is 1. The van der Waals surface area contributed by atoms with Crippen molar-refractivity contribution in [3.8, 4) is 5.75 Å². The molecule has 0 saturated carbocycles. The van der Waals surface area contributed by atoms with Crippen molar-refractivity contribution < 1.29 is 14.3 Å². The maximum absolute atomic E-state index is 11.9. The predicted octanol–water partition coefficient (Wildman–Crippen LogP) is 5.52. The standard InChI is InChI=1S/C25H30O3/c1-23(2)11-12-24(3,4)20-14-17(8-10-18(20)23)25(5)15-28-21-13-16(22(26)27-6)7-9-19(21)25/h7-10,13-14H,11-12,15H2,1-6H3. The smallest absolute Gasteiger partial charge is 0.337 e. The number of carbonyl (C=O) groups is 1. The zero-order valence-electron chi connectivity index (χ0n) is 17.8. The third kappa shape index (κ3) is 2.75. The van der Waals surface area contributed by atoms with Gasteiger partial charge in [0.05, 0.1) is 18.1 Å². The lowest BCUT2D eigenvalue weighted by molar-refractivity contribution is 0.0600. The summed E-state index contributed by atoms with van der Waals surface area (Å²) in [4.78, 5) is 11.9. The van der Waals surface area contributed by atoms with E-state index in [1.54, 1.807) is 6.07 Å². The summed E-state index contributed by atoms with van der Waals surface area (Å²) in [5.74, 6) is 0.445. The van der Waals surface area contributed by atoms with Gasteiger partial charge in [-0.1, -0.05) is 52.0 Å². The summed E-state index contributed by atoms with van der Waals surface area (Å²) < 4.78 is 10.9. The van der Waals surface area contributed by atoms with Crippen molar-refractivity contribution in [1.29, 1.82) is 0 Å². The predicted molar refractivity (Wildman–Crippen MR) is 111 cm³/mol. The Kier molecular flexibility index (Phi) is 4.15. The Labute approximate surface area is 168 Å². The molecule has 0 aromatic heterocycles. The topological polar surface area (TPSA) is 35.5 Å². The Morgan fingerprint density at radius 3 is 2.21 bits per heavy atom. The van der Waals surface area contributed by atoms with Crippen LogP contribution in [-0.2, 0) is 21.0 Å². The molecule has 3 heteroatoms. The Hall–Kier alpha value is -2.29.